The minimum atomic E-state index is -0.223. The van der Waals surface area contributed by atoms with Crippen LogP contribution in [0.5, 0.6) is 0 Å². The fraction of sp³-hybridized carbons (Fsp3) is 0.357. The van der Waals surface area contributed by atoms with Gasteiger partial charge in [-0.05, 0) is 25.2 Å². The molecule has 23 heavy (non-hydrogen) atoms. The molecule has 0 saturated carbocycles. The van der Waals surface area contributed by atoms with Gasteiger partial charge in [-0.1, -0.05) is 34.5 Å². The lowest BCUT2D eigenvalue weighted by atomic mass is 10.3. The molecular weight excluding hydrogens is 357 g/mol. The molecule has 1 aliphatic rings. The third-order valence-electron chi connectivity index (χ3n) is 3.80. The highest BCUT2D eigenvalue weighted by molar-refractivity contribution is 7.14. The van der Waals surface area contributed by atoms with Gasteiger partial charge in [0.05, 0.1) is 10.7 Å². The van der Waals surface area contributed by atoms with E-state index in [0.717, 1.165) is 47.2 Å². The Morgan fingerprint density at radius 3 is 2.61 bits per heavy atom. The molecule has 6 nitrogen and oxygen atoms in total. The maximum Gasteiger partial charge on any atom is 0.329 e. The first-order valence-corrected chi connectivity index (χ1v) is 8.69. The predicted molar refractivity (Wildman–Crippen MR) is 98.2 cm³/mol. The first kappa shape index (κ1) is 16.4. The van der Waals surface area contributed by atoms with Crippen LogP contribution < -0.4 is 20.9 Å². The molecule has 0 bridgehead atoms. The second-order valence-corrected chi connectivity index (χ2v) is 7.21. The van der Waals surface area contributed by atoms with Crippen molar-refractivity contribution in [2.45, 2.75) is 0 Å². The van der Waals surface area contributed by atoms with E-state index < -0.39 is 0 Å². The average Bonchev–Trinajstić information content (AvgIpc) is 2.80. The minimum Gasteiger partial charge on any atom is -0.358 e. The van der Waals surface area contributed by atoms with Gasteiger partial charge in [-0.2, -0.15) is 4.68 Å². The smallest absolute Gasteiger partial charge is 0.329 e. The van der Waals surface area contributed by atoms with E-state index in [2.05, 4.69) is 22.2 Å². The third kappa shape index (κ3) is 3.42. The van der Waals surface area contributed by atoms with Crippen LogP contribution in [-0.2, 0) is 0 Å². The maximum absolute atomic E-state index is 12.0. The van der Waals surface area contributed by atoms with E-state index in [-0.39, 0.29) is 4.87 Å². The molecule has 1 aliphatic heterocycles. The molecular formula is C14H17Cl2N5OS. The molecule has 124 valence electrons. The highest BCUT2D eigenvalue weighted by Crippen LogP contribution is 2.34. The fourth-order valence-corrected chi connectivity index (χ4v) is 3.68. The SMILES string of the molecule is CN1CCN(c2sc(=O)n(N)c2Nc2cc(Cl)ccc2Cl)CC1. The largest absolute Gasteiger partial charge is 0.358 e. The van der Waals surface area contributed by atoms with Crippen LogP contribution in [0, 0.1) is 0 Å². The van der Waals surface area contributed by atoms with Crippen LogP contribution in [0.4, 0.5) is 16.5 Å². The van der Waals surface area contributed by atoms with Crippen molar-refractivity contribution < 1.29 is 0 Å². The monoisotopic (exact) mass is 373 g/mol. The van der Waals surface area contributed by atoms with E-state index >= 15 is 0 Å². The zero-order valence-electron chi connectivity index (χ0n) is 12.6. The van der Waals surface area contributed by atoms with Crippen LogP contribution in [0.3, 0.4) is 0 Å². The van der Waals surface area contributed by atoms with Crippen molar-refractivity contribution in [2.24, 2.45) is 0 Å². The van der Waals surface area contributed by atoms with E-state index in [1.165, 1.54) is 0 Å². The Balaban J connectivity index is 1.95. The molecule has 1 aromatic carbocycles. The van der Waals surface area contributed by atoms with Gasteiger partial charge in [0.25, 0.3) is 0 Å². The summed E-state index contributed by atoms with van der Waals surface area (Å²) in [5.74, 6) is 6.45. The number of anilines is 3. The summed E-state index contributed by atoms with van der Waals surface area (Å²) >= 11 is 13.3. The Bertz CT molecular complexity index is 767. The number of nitrogens with zero attached hydrogens (tertiary/aromatic N) is 3. The van der Waals surface area contributed by atoms with Gasteiger partial charge >= 0.3 is 4.87 Å². The number of benzene rings is 1. The van der Waals surface area contributed by atoms with Crippen LogP contribution in [0.15, 0.2) is 23.0 Å². The number of piperazine rings is 1. The summed E-state index contributed by atoms with van der Waals surface area (Å²) in [5, 5.41) is 5.04. The van der Waals surface area contributed by atoms with Crippen LogP contribution in [0.2, 0.25) is 10.0 Å². The molecule has 0 aliphatic carbocycles. The zero-order chi connectivity index (χ0) is 16.6. The van der Waals surface area contributed by atoms with Crippen LogP contribution in [0.25, 0.3) is 0 Å². The molecule has 0 atom stereocenters. The summed E-state index contributed by atoms with van der Waals surface area (Å²) in [7, 11) is 2.08. The second kappa shape index (κ2) is 6.60. The number of nitrogens with two attached hydrogens (primary N) is 1. The summed E-state index contributed by atoms with van der Waals surface area (Å²) in [6.45, 7) is 3.56. The second-order valence-electron chi connectivity index (χ2n) is 5.43. The Morgan fingerprint density at radius 2 is 1.91 bits per heavy atom. The summed E-state index contributed by atoms with van der Waals surface area (Å²) < 4.78 is 1.12. The number of rotatable bonds is 3. The van der Waals surface area contributed by atoms with Gasteiger partial charge in [-0.15, -0.1) is 0 Å². The first-order valence-electron chi connectivity index (χ1n) is 7.12. The Kier molecular flexibility index (Phi) is 4.72. The summed E-state index contributed by atoms with van der Waals surface area (Å²) in [4.78, 5) is 16.2. The van der Waals surface area contributed by atoms with Crippen LogP contribution >= 0.6 is 34.5 Å². The number of nitrogen functional groups attached to an aromatic ring is 1. The molecule has 1 aromatic heterocycles. The van der Waals surface area contributed by atoms with Gasteiger partial charge in [-0.25, -0.2) is 0 Å². The lowest BCUT2D eigenvalue weighted by Gasteiger charge is -2.33. The molecule has 9 heteroatoms. The van der Waals surface area contributed by atoms with Gasteiger partial charge < -0.3 is 21.0 Å². The number of nitrogens with one attached hydrogen (secondary N) is 1. The molecule has 2 aromatic rings. The normalized spacial score (nSPS) is 15.9. The van der Waals surface area contributed by atoms with E-state index in [1.54, 1.807) is 18.2 Å². The molecule has 3 rings (SSSR count). The van der Waals surface area contributed by atoms with Crippen LogP contribution in [-0.4, -0.2) is 42.8 Å². The number of halogens is 2. The number of likely N-dealkylation sites (N-methyl/N-ethyl adjacent to an activating group) is 1. The summed E-state index contributed by atoms with van der Waals surface area (Å²) in [5.41, 5.74) is 0.617. The molecule has 0 unspecified atom stereocenters. The number of hydrogen-bond donors (Lipinski definition) is 2. The quantitative estimate of drug-likeness (QED) is 0.808. The number of thiazole rings is 1. The first-order chi connectivity index (χ1) is 11.0. The van der Waals surface area contributed by atoms with Gasteiger partial charge in [0, 0.05) is 31.2 Å². The van der Waals surface area contributed by atoms with Crippen molar-refractivity contribution in [3.8, 4) is 0 Å². The lowest BCUT2D eigenvalue weighted by molar-refractivity contribution is 0.313. The number of hydrogen-bond acceptors (Lipinski definition) is 6. The predicted octanol–water partition coefficient (Wildman–Crippen LogP) is 2.43. The molecule has 3 N–H and O–H groups in total. The summed E-state index contributed by atoms with van der Waals surface area (Å²) in [6.07, 6.45) is 0. The standard InChI is InChI=1S/C14H17Cl2N5OS/c1-19-4-6-20(7-5-19)13-12(21(17)14(22)23-13)18-11-8-9(15)2-3-10(11)16/h2-3,8,18H,4-7,17H2,1H3. The lowest BCUT2D eigenvalue weighted by Crippen LogP contribution is -2.44. The third-order valence-corrected chi connectivity index (χ3v) is 5.38. The minimum absolute atomic E-state index is 0.223. The van der Waals surface area contributed by atoms with E-state index in [9.17, 15) is 4.79 Å². The van der Waals surface area contributed by atoms with Gasteiger partial charge in [0.15, 0.2) is 5.82 Å². The van der Waals surface area contributed by atoms with Gasteiger partial charge in [-0.3, -0.25) is 4.79 Å². The topological polar surface area (TPSA) is 66.5 Å². The highest BCUT2D eigenvalue weighted by atomic mass is 35.5. The van der Waals surface area contributed by atoms with Gasteiger partial charge in [0.2, 0.25) is 0 Å². The fourth-order valence-electron chi connectivity index (χ4n) is 2.43. The Hall–Kier alpha value is -1.41. The van der Waals surface area contributed by atoms with E-state index in [0.29, 0.717) is 21.6 Å². The molecule has 0 radical (unpaired) electrons. The van der Waals surface area contributed by atoms with Gasteiger partial charge in [0.1, 0.15) is 5.00 Å². The van der Waals surface area contributed by atoms with Crippen molar-refractivity contribution in [3.05, 3.63) is 37.9 Å². The van der Waals surface area contributed by atoms with E-state index in [1.807, 2.05) is 0 Å². The summed E-state index contributed by atoms with van der Waals surface area (Å²) in [6, 6.07) is 5.12. The Morgan fingerprint density at radius 1 is 1.22 bits per heavy atom. The average molecular weight is 374 g/mol. The molecule has 2 heterocycles. The van der Waals surface area contributed by atoms with Crippen LogP contribution in [0.1, 0.15) is 0 Å². The molecule has 1 saturated heterocycles. The molecule has 1 fully saturated rings. The van der Waals surface area contributed by atoms with Crippen molar-refractivity contribution in [1.82, 2.24) is 9.58 Å². The number of aromatic nitrogens is 1. The van der Waals surface area contributed by atoms with Crippen molar-refractivity contribution in [3.63, 3.8) is 0 Å². The van der Waals surface area contributed by atoms with E-state index in [4.69, 9.17) is 29.0 Å². The molecule has 0 spiro atoms. The zero-order valence-corrected chi connectivity index (χ0v) is 14.9. The Labute approximate surface area is 148 Å². The maximum atomic E-state index is 12.0. The highest BCUT2D eigenvalue weighted by Gasteiger charge is 2.23. The van der Waals surface area contributed by atoms with Crippen molar-refractivity contribution in [1.29, 1.82) is 0 Å². The molecule has 0 amide bonds. The van der Waals surface area contributed by atoms with Crippen molar-refractivity contribution in [2.75, 3.05) is 49.3 Å². The van der Waals surface area contributed by atoms with Crippen molar-refractivity contribution >= 4 is 51.0 Å².